The number of nitrogens with zero attached hydrogens (tertiary/aromatic N) is 1. The second-order valence-corrected chi connectivity index (χ2v) is 5.14. The Bertz CT molecular complexity index is 641. The zero-order valence-electron chi connectivity index (χ0n) is 9.91. The normalized spacial score (nSPS) is 12.7. The maximum absolute atomic E-state index is 6.33. The second kappa shape index (κ2) is 4.88. The molecule has 0 saturated heterocycles. The predicted molar refractivity (Wildman–Crippen MR) is 76.7 cm³/mol. The summed E-state index contributed by atoms with van der Waals surface area (Å²) < 4.78 is 0. The van der Waals surface area contributed by atoms with Gasteiger partial charge in [-0.3, -0.25) is 4.98 Å². The van der Waals surface area contributed by atoms with E-state index in [0.717, 1.165) is 17.3 Å². The van der Waals surface area contributed by atoms with Crippen LogP contribution in [0, 0.1) is 0 Å². The molecular weight excluding hydrogens is 240 g/mol. The van der Waals surface area contributed by atoms with Crippen molar-refractivity contribution in [2.45, 2.75) is 12.5 Å². The van der Waals surface area contributed by atoms with Crippen molar-refractivity contribution >= 4 is 22.2 Å². The van der Waals surface area contributed by atoms with Crippen molar-refractivity contribution < 1.29 is 0 Å². The molecule has 2 aromatic heterocycles. The van der Waals surface area contributed by atoms with E-state index < -0.39 is 0 Å². The third kappa shape index (κ3) is 2.15. The Balaban J connectivity index is 1.98. The summed E-state index contributed by atoms with van der Waals surface area (Å²) in [5.74, 6) is 0. The largest absolute Gasteiger partial charge is 0.324 e. The van der Waals surface area contributed by atoms with Gasteiger partial charge in [-0.2, -0.15) is 11.3 Å². The molecule has 0 spiro atoms. The average Bonchev–Trinajstić information content (AvgIpc) is 2.91. The van der Waals surface area contributed by atoms with E-state index in [1.54, 1.807) is 11.3 Å². The van der Waals surface area contributed by atoms with Crippen LogP contribution in [-0.4, -0.2) is 4.98 Å². The van der Waals surface area contributed by atoms with Gasteiger partial charge in [-0.05, 0) is 46.5 Å². The van der Waals surface area contributed by atoms with Gasteiger partial charge in [-0.25, -0.2) is 0 Å². The van der Waals surface area contributed by atoms with Crippen LogP contribution >= 0.6 is 11.3 Å². The Morgan fingerprint density at radius 1 is 1.17 bits per heavy atom. The summed E-state index contributed by atoms with van der Waals surface area (Å²) >= 11 is 1.71. The van der Waals surface area contributed by atoms with E-state index in [0.29, 0.717) is 0 Å². The standard InChI is InChI=1S/C15H14N2S/c16-14(9-11-6-8-18-10-11)12-3-1-5-15-13(12)4-2-7-17-15/h1-8,10,14H,9,16H2. The number of hydrogen-bond acceptors (Lipinski definition) is 3. The van der Waals surface area contributed by atoms with Crippen molar-refractivity contribution in [3.05, 3.63) is 64.5 Å². The first-order chi connectivity index (χ1) is 8.84. The van der Waals surface area contributed by atoms with Crippen LogP contribution in [0.2, 0.25) is 0 Å². The number of thiophene rings is 1. The Morgan fingerprint density at radius 2 is 2.11 bits per heavy atom. The van der Waals surface area contributed by atoms with E-state index in [-0.39, 0.29) is 6.04 Å². The fourth-order valence-electron chi connectivity index (χ4n) is 2.22. The molecule has 0 aliphatic carbocycles. The van der Waals surface area contributed by atoms with Crippen LogP contribution in [0.5, 0.6) is 0 Å². The monoisotopic (exact) mass is 254 g/mol. The minimum atomic E-state index is 0.0208. The van der Waals surface area contributed by atoms with Gasteiger partial charge in [-0.15, -0.1) is 0 Å². The van der Waals surface area contributed by atoms with Gasteiger partial charge in [0, 0.05) is 17.6 Å². The zero-order valence-corrected chi connectivity index (χ0v) is 10.7. The molecule has 3 rings (SSSR count). The van der Waals surface area contributed by atoms with Gasteiger partial charge in [0.15, 0.2) is 0 Å². The maximum Gasteiger partial charge on any atom is 0.0705 e. The molecule has 90 valence electrons. The molecule has 2 nitrogen and oxygen atoms in total. The second-order valence-electron chi connectivity index (χ2n) is 4.36. The predicted octanol–water partition coefficient (Wildman–Crippen LogP) is 3.54. The van der Waals surface area contributed by atoms with Gasteiger partial charge in [-0.1, -0.05) is 18.2 Å². The molecule has 3 aromatic rings. The van der Waals surface area contributed by atoms with Crippen molar-refractivity contribution in [2.75, 3.05) is 0 Å². The SMILES string of the molecule is NC(Cc1ccsc1)c1cccc2ncccc12. The van der Waals surface area contributed by atoms with E-state index in [1.165, 1.54) is 11.1 Å². The highest BCUT2D eigenvalue weighted by Gasteiger charge is 2.10. The zero-order chi connectivity index (χ0) is 12.4. The summed E-state index contributed by atoms with van der Waals surface area (Å²) in [6.07, 6.45) is 2.69. The first kappa shape index (κ1) is 11.4. The third-order valence-corrected chi connectivity index (χ3v) is 3.85. The molecule has 1 atom stereocenters. The summed E-state index contributed by atoms with van der Waals surface area (Å²) in [6.45, 7) is 0. The Labute approximate surface area is 110 Å². The molecule has 0 fully saturated rings. The summed E-state index contributed by atoms with van der Waals surface area (Å²) in [6, 6.07) is 12.4. The topological polar surface area (TPSA) is 38.9 Å². The molecule has 0 aliphatic heterocycles. The highest BCUT2D eigenvalue weighted by molar-refractivity contribution is 7.07. The molecular formula is C15H14N2S. The molecule has 18 heavy (non-hydrogen) atoms. The molecule has 2 N–H and O–H groups in total. The Morgan fingerprint density at radius 3 is 2.94 bits per heavy atom. The summed E-state index contributed by atoms with van der Waals surface area (Å²) in [7, 11) is 0. The van der Waals surface area contributed by atoms with Crippen molar-refractivity contribution in [3.8, 4) is 0 Å². The molecule has 0 radical (unpaired) electrons. The first-order valence-electron chi connectivity index (χ1n) is 5.95. The Hall–Kier alpha value is -1.71. The molecule has 0 saturated carbocycles. The molecule has 1 aromatic carbocycles. The van der Waals surface area contributed by atoms with Crippen molar-refractivity contribution in [2.24, 2.45) is 5.73 Å². The van der Waals surface area contributed by atoms with Gasteiger partial charge in [0.1, 0.15) is 0 Å². The van der Waals surface area contributed by atoms with Crippen molar-refractivity contribution in [1.29, 1.82) is 0 Å². The van der Waals surface area contributed by atoms with E-state index in [9.17, 15) is 0 Å². The van der Waals surface area contributed by atoms with E-state index in [4.69, 9.17) is 5.73 Å². The lowest BCUT2D eigenvalue weighted by atomic mass is 9.97. The highest BCUT2D eigenvalue weighted by Crippen LogP contribution is 2.24. The maximum atomic E-state index is 6.33. The van der Waals surface area contributed by atoms with Crippen LogP contribution in [0.1, 0.15) is 17.2 Å². The van der Waals surface area contributed by atoms with Crippen LogP contribution in [-0.2, 0) is 6.42 Å². The van der Waals surface area contributed by atoms with Gasteiger partial charge < -0.3 is 5.73 Å². The summed E-state index contributed by atoms with van der Waals surface area (Å²) in [5.41, 5.74) is 9.81. The van der Waals surface area contributed by atoms with Gasteiger partial charge in [0.05, 0.1) is 5.52 Å². The lowest BCUT2D eigenvalue weighted by Gasteiger charge is -2.13. The molecule has 0 amide bonds. The van der Waals surface area contributed by atoms with E-state index in [2.05, 4.69) is 33.9 Å². The molecule has 3 heteroatoms. The number of benzene rings is 1. The summed E-state index contributed by atoms with van der Waals surface area (Å²) in [4.78, 5) is 4.37. The quantitative estimate of drug-likeness (QED) is 0.776. The number of aromatic nitrogens is 1. The van der Waals surface area contributed by atoms with Crippen LogP contribution in [0.4, 0.5) is 0 Å². The smallest absolute Gasteiger partial charge is 0.0705 e. The van der Waals surface area contributed by atoms with Crippen molar-refractivity contribution in [1.82, 2.24) is 4.98 Å². The fourth-order valence-corrected chi connectivity index (χ4v) is 2.90. The third-order valence-electron chi connectivity index (χ3n) is 3.11. The molecule has 0 bridgehead atoms. The highest BCUT2D eigenvalue weighted by atomic mass is 32.1. The lowest BCUT2D eigenvalue weighted by molar-refractivity contribution is 0.730. The average molecular weight is 254 g/mol. The molecule has 1 unspecified atom stereocenters. The number of pyridine rings is 1. The number of hydrogen-bond donors (Lipinski definition) is 1. The van der Waals surface area contributed by atoms with E-state index in [1.807, 2.05) is 24.4 Å². The van der Waals surface area contributed by atoms with Gasteiger partial charge in [0.2, 0.25) is 0 Å². The van der Waals surface area contributed by atoms with E-state index >= 15 is 0 Å². The van der Waals surface area contributed by atoms with Crippen LogP contribution in [0.25, 0.3) is 10.9 Å². The number of nitrogens with two attached hydrogens (primary N) is 1. The lowest BCUT2D eigenvalue weighted by Crippen LogP contribution is -2.13. The van der Waals surface area contributed by atoms with Crippen LogP contribution in [0.3, 0.4) is 0 Å². The minimum absolute atomic E-state index is 0.0208. The van der Waals surface area contributed by atoms with Gasteiger partial charge >= 0.3 is 0 Å². The molecule has 2 heterocycles. The number of fused-ring (bicyclic) bond motifs is 1. The summed E-state index contributed by atoms with van der Waals surface area (Å²) in [5, 5.41) is 5.40. The molecule has 0 aliphatic rings. The van der Waals surface area contributed by atoms with Crippen LogP contribution in [0.15, 0.2) is 53.4 Å². The number of rotatable bonds is 3. The minimum Gasteiger partial charge on any atom is -0.324 e. The van der Waals surface area contributed by atoms with Crippen LogP contribution < -0.4 is 5.73 Å². The van der Waals surface area contributed by atoms with Crippen molar-refractivity contribution in [3.63, 3.8) is 0 Å². The Kier molecular flexibility index (Phi) is 3.09. The first-order valence-corrected chi connectivity index (χ1v) is 6.89. The fraction of sp³-hybridized carbons (Fsp3) is 0.133. The van der Waals surface area contributed by atoms with Gasteiger partial charge in [0.25, 0.3) is 0 Å².